The summed E-state index contributed by atoms with van der Waals surface area (Å²) in [7, 11) is 0. The highest BCUT2D eigenvalue weighted by molar-refractivity contribution is 5.89. The van der Waals surface area contributed by atoms with Crippen LogP contribution in [-0.4, -0.2) is 53.8 Å². The summed E-state index contributed by atoms with van der Waals surface area (Å²) in [6.45, 7) is 1.34. The lowest BCUT2D eigenvalue weighted by Gasteiger charge is -2.29. The molecule has 220 valence electrons. The van der Waals surface area contributed by atoms with Crippen LogP contribution in [0.1, 0.15) is 42.4 Å². The maximum Gasteiger partial charge on any atom is 0.407 e. The minimum absolute atomic E-state index is 0.0338. The van der Waals surface area contributed by atoms with Gasteiger partial charge >= 0.3 is 18.0 Å². The van der Waals surface area contributed by atoms with Gasteiger partial charge in [-0.25, -0.2) is 9.59 Å². The molecular formula is C32H32F2N2O6. The maximum absolute atomic E-state index is 15.5. The van der Waals surface area contributed by atoms with Crippen LogP contribution >= 0.6 is 0 Å². The summed E-state index contributed by atoms with van der Waals surface area (Å²) in [6.07, 6.45) is -1.42. The summed E-state index contributed by atoms with van der Waals surface area (Å²) in [5, 5.41) is 13.8. The number of rotatable bonds is 12. The van der Waals surface area contributed by atoms with Crippen LogP contribution in [0.4, 0.5) is 13.6 Å². The molecule has 0 aromatic heterocycles. The molecule has 2 amide bonds. The van der Waals surface area contributed by atoms with E-state index in [1.54, 1.807) is 24.3 Å². The molecule has 1 fully saturated rings. The highest BCUT2D eigenvalue weighted by atomic mass is 19.3. The third-order valence-electron chi connectivity index (χ3n) is 7.78. The molecule has 42 heavy (non-hydrogen) atoms. The average Bonchev–Trinajstić information content (AvgIpc) is 3.78. The second-order valence-corrected chi connectivity index (χ2v) is 10.7. The van der Waals surface area contributed by atoms with Gasteiger partial charge in [0, 0.05) is 5.92 Å². The summed E-state index contributed by atoms with van der Waals surface area (Å²) in [5.41, 5.74) is 4.75. The first-order chi connectivity index (χ1) is 20.2. The van der Waals surface area contributed by atoms with E-state index in [1.807, 2.05) is 59.9 Å². The first-order valence-electron chi connectivity index (χ1n) is 13.9. The van der Waals surface area contributed by atoms with Gasteiger partial charge in [-0.2, -0.15) is 8.78 Å². The zero-order chi connectivity index (χ0) is 29.9. The van der Waals surface area contributed by atoms with Gasteiger partial charge in [-0.15, -0.1) is 0 Å². The summed E-state index contributed by atoms with van der Waals surface area (Å²) in [4.78, 5) is 37.4. The number of carbonyl (C=O) groups is 3. The molecule has 3 atom stereocenters. The molecule has 0 heterocycles. The third-order valence-corrected chi connectivity index (χ3v) is 7.78. The van der Waals surface area contributed by atoms with Crippen molar-refractivity contribution in [2.24, 2.45) is 5.92 Å². The second kappa shape index (κ2) is 12.3. The zero-order valence-corrected chi connectivity index (χ0v) is 23.0. The molecule has 5 rings (SSSR count). The van der Waals surface area contributed by atoms with Gasteiger partial charge in [0.1, 0.15) is 12.6 Å². The van der Waals surface area contributed by atoms with Crippen LogP contribution in [0.3, 0.4) is 0 Å². The van der Waals surface area contributed by atoms with Crippen molar-refractivity contribution >= 4 is 18.0 Å². The van der Waals surface area contributed by atoms with E-state index < -0.39 is 48.0 Å². The van der Waals surface area contributed by atoms with Crippen molar-refractivity contribution in [1.29, 1.82) is 0 Å². The monoisotopic (exact) mass is 578 g/mol. The number of alkyl halides is 2. The summed E-state index contributed by atoms with van der Waals surface area (Å²) >= 11 is 0. The summed E-state index contributed by atoms with van der Waals surface area (Å²) in [6, 6.07) is 20.8. The van der Waals surface area contributed by atoms with Gasteiger partial charge in [-0.3, -0.25) is 4.79 Å². The third kappa shape index (κ3) is 6.28. The molecular weight excluding hydrogens is 546 g/mol. The van der Waals surface area contributed by atoms with Gasteiger partial charge in [0.25, 0.3) is 5.91 Å². The Balaban J connectivity index is 1.22. The SMILES string of the molecule is C[C@@H](OCc1ccccc1)[C@H](NC(=O)C(F)(F)C(NC(=O)OCC1c2ccccc2-c2ccccc21)C1CC1)C(=O)O. The molecule has 0 bridgehead atoms. The predicted octanol–water partition coefficient (Wildman–Crippen LogP) is 5.11. The molecule has 1 unspecified atom stereocenters. The van der Waals surface area contributed by atoms with Crippen LogP contribution in [0.2, 0.25) is 0 Å². The van der Waals surface area contributed by atoms with Crippen molar-refractivity contribution in [3.8, 4) is 11.1 Å². The van der Waals surface area contributed by atoms with Crippen LogP contribution in [0, 0.1) is 5.92 Å². The van der Waals surface area contributed by atoms with Crippen molar-refractivity contribution in [3.63, 3.8) is 0 Å². The summed E-state index contributed by atoms with van der Waals surface area (Å²) < 4.78 is 42.0. The lowest BCUT2D eigenvalue weighted by Crippen LogP contribution is -2.60. The molecule has 0 saturated heterocycles. The lowest BCUT2D eigenvalue weighted by molar-refractivity contribution is -0.158. The number of ether oxygens (including phenoxy) is 2. The van der Waals surface area contributed by atoms with Crippen LogP contribution in [-0.2, 0) is 25.7 Å². The number of amides is 2. The Morgan fingerprint density at radius 1 is 0.905 bits per heavy atom. The molecule has 3 aromatic rings. The van der Waals surface area contributed by atoms with E-state index in [1.165, 1.54) is 6.92 Å². The largest absolute Gasteiger partial charge is 0.480 e. The standard InChI is InChI=1S/C32H32F2N2O6/c1-19(41-17-20-9-3-2-4-10-20)27(29(37)38)35-30(39)32(33,34)28(21-15-16-21)36-31(40)42-18-26-24-13-7-5-11-22(24)23-12-6-8-14-25(23)26/h2-14,19,21,26-28H,15-18H2,1H3,(H,35,39)(H,36,40)(H,37,38)/t19-,27+,28?/m1/s1. The van der Waals surface area contributed by atoms with E-state index in [0.717, 1.165) is 27.8 Å². The number of hydrogen-bond acceptors (Lipinski definition) is 5. The van der Waals surface area contributed by atoms with Gasteiger partial charge in [0.2, 0.25) is 0 Å². The smallest absolute Gasteiger partial charge is 0.407 e. The molecule has 0 radical (unpaired) electrons. The Labute approximate surface area is 242 Å². The highest BCUT2D eigenvalue weighted by Crippen LogP contribution is 2.44. The molecule has 3 aromatic carbocycles. The number of aliphatic carboxylic acids is 1. The van der Waals surface area contributed by atoms with Gasteiger partial charge in [-0.05, 0) is 53.5 Å². The van der Waals surface area contributed by atoms with E-state index in [2.05, 4.69) is 5.32 Å². The Morgan fingerprint density at radius 2 is 1.48 bits per heavy atom. The number of benzene rings is 3. The second-order valence-electron chi connectivity index (χ2n) is 10.7. The Bertz CT molecular complexity index is 1400. The number of nitrogens with one attached hydrogen (secondary N) is 2. The fourth-order valence-corrected chi connectivity index (χ4v) is 5.36. The maximum atomic E-state index is 15.5. The van der Waals surface area contributed by atoms with Gasteiger partial charge in [0.05, 0.1) is 12.7 Å². The van der Waals surface area contributed by atoms with Crippen LogP contribution < -0.4 is 10.6 Å². The predicted molar refractivity (Wildman–Crippen MR) is 150 cm³/mol. The number of alkyl carbamates (subject to hydrolysis) is 1. The molecule has 8 nitrogen and oxygen atoms in total. The van der Waals surface area contributed by atoms with Gasteiger partial charge in [0.15, 0.2) is 6.04 Å². The van der Waals surface area contributed by atoms with Crippen LogP contribution in [0.25, 0.3) is 11.1 Å². The number of halogens is 2. The van der Waals surface area contributed by atoms with Gasteiger partial charge < -0.3 is 25.2 Å². The fraction of sp³-hybridized carbons (Fsp3) is 0.344. The first kappa shape index (κ1) is 29.2. The molecule has 2 aliphatic rings. The Kier molecular flexibility index (Phi) is 8.54. The number of hydrogen-bond donors (Lipinski definition) is 3. The minimum Gasteiger partial charge on any atom is -0.480 e. The van der Waals surface area contributed by atoms with Crippen LogP contribution in [0.15, 0.2) is 78.9 Å². The molecule has 2 aliphatic carbocycles. The number of carboxylic acids is 1. The molecule has 0 aliphatic heterocycles. The van der Waals surface area contributed by atoms with Crippen molar-refractivity contribution in [3.05, 3.63) is 95.6 Å². The minimum atomic E-state index is -4.10. The van der Waals surface area contributed by atoms with E-state index in [0.29, 0.717) is 12.8 Å². The zero-order valence-electron chi connectivity index (χ0n) is 23.0. The van der Waals surface area contributed by atoms with E-state index in [9.17, 15) is 19.5 Å². The molecule has 0 spiro atoms. The lowest BCUT2D eigenvalue weighted by atomic mass is 9.98. The van der Waals surface area contributed by atoms with E-state index in [4.69, 9.17) is 9.47 Å². The number of carbonyl (C=O) groups excluding carboxylic acids is 2. The van der Waals surface area contributed by atoms with E-state index in [-0.39, 0.29) is 19.1 Å². The molecule has 1 saturated carbocycles. The van der Waals surface area contributed by atoms with E-state index >= 15 is 8.78 Å². The average molecular weight is 579 g/mol. The highest BCUT2D eigenvalue weighted by Gasteiger charge is 2.55. The van der Waals surface area contributed by atoms with Crippen molar-refractivity contribution in [2.45, 2.75) is 56.4 Å². The van der Waals surface area contributed by atoms with Crippen molar-refractivity contribution < 1.29 is 37.7 Å². The molecule has 3 N–H and O–H groups in total. The van der Waals surface area contributed by atoms with Crippen LogP contribution in [0.5, 0.6) is 0 Å². The normalized spacial score (nSPS) is 16.5. The topological polar surface area (TPSA) is 114 Å². The Hall–Kier alpha value is -4.31. The number of fused-ring (bicyclic) bond motifs is 3. The number of carboxylic acid groups (broad SMARTS) is 1. The molecule has 10 heteroatoms. The summed E-state index contributed by atoms with van der Waals surface area (Å²) in [5.74, 6) is -8.34. The Morgan fingerprint density at radius 3 is 2.05 bits per heavy atom. The quantitative estimate of drug-likeness (QED) is 0.275. The van der Waals surface area contributed by atoms with Crippen molar-refractivity contribution in [1.82, 2.24) is 10.6 Å². The first-order valence-corrected chi connectivity index (χ1v) is 13.9. The fourth-order valence-electron chi connectivity index (χ4n) is 5.36. The van der Waals surface area contributed by atoms with Crippen molar-refractivity contribution in [2.75, 3.05) is 6.61 Å². The van der Waals surface area contributed by atoms with Gasteiger partial charge in [-0.1, -0.05) is 78.9 Å².